The largest absolute Gasteiger partial charge is 1.00 e. The molecule has 4 nitrogen and oxygen atoms in total. The molecule has 0 heterocycles. The van der Waals surface area contributed by atoms with Crippen LogP contribution in [-0.2, 0) is 9.59 Å². The van der Waals surface area contributed by atoms with E-state index in [-0.39, 0.29) is 59.1 Å². The van der Waals surface area contributed by atoms with Crippen LogP contribution in [0, 0.1) is 5.41 Å². The van der Waals surface area contributed by atoms with E-state index >= 15 is 0 Å². The fourth-order valence-corrected chi connectivity index (χ4v) is 0.433. The molecule has 0 rings (SSSR count). The Bertz CT molecular complexity index is 167. The van der Waals surface area contributed by atoms with Gasteiger partial charge >= 0.3 is 59.1 Å². The predicted octanol–water partition coefficient (Wildman–Crippen LogP) is -8.09. The number of carboxylic acid groups (broad SMARTS) is 2. The van der Waals surface area contributed by atoms with Crippen LogP contribution in [0.4, 0.5) is 0 Å². The van der Waals surface area contributed by atoms with Gasteiger partial charge in [-0.05, 0) is 6.42 Å². The molecule has 0 aliphatic carbocycles. The number of carbonyl (C=O) groups excluding carboxylic acids is 2. The van der Waals surface area contributed by atoms with Gasteiger partial charge in [0.25, 0.3) is 0 Å². The van der Waals surface area contributed by atoms with Crippen molar-refractivity contribution >= 4 is 11.9 Å². The molecule has 12 heavy (non-hydrogen) atoms. The van der Waals surface area contributed by atoms with Crippen molar-refractivity contribution in [1.29, 1.82) is 0 Å². The fraction of sp³-hybridized carbons (Fsp3) is 0.667. The maximum absolute atomic E-state index is 10.2. The molecule has 0 aliphatic rings. The average Bonchev–Trinajstić information content (AvgIpc) is 1.60. The Hall–Kier alpha value is 0.940. The zero-order valence-corrected chi connectivity index (χ0v) is 11.8. The molecule has 6 heteroatoms. The first kappa shape index (κ1) is 18.7. The van der Waals surface area contributed by atoms with Gasteiger partial charge in [0.15, 0.2) is 0 Å². The van der Waals surface area contributed by atoms with Gasteiger partial charge in [0.05, 0.1) is 0 Å². The minimum Gasteiger partial charge on any atom is -0.550 e. The monoisotopic (exact) mass is 190 g/mol. The topological polar surface area (TPSA) is 80.3 Å². The number of hydrogen-bond acceptors (Lipinski definition) is 4. The summed E-state index contributed by atoms with van der Waals surface area (Å²) in [5, 5.41) is 20.1. The molecular formula is C6H8Na2O4. The Morgan fingerprint density at radius 2 is 1.50 bits per heavy atom. The summed E-state index contributed by atoms with van der Waals surface area (Å²) >= 11 is 0. The van der Waals surface area contributed by atoms with E-state index in [0.717, 1.165) is 0 Å². The van der Waals surface area contributed by atoms with E-state index in [0.29, 0.717) is 0 Å². The van der Waals surface area contributed by atoms with Gasteiger partial charge in [-0.15, -0.1) is 0 Å². The van der Waals surface area contributed by atoms with Crippen molar-refractivity contribution in [2.75, 3.05) is 0 Å². The second kappa shape index (κ2) is 7.35. The van der Waals surface area contributed by atoms with Crippen LogP contribution in [0.3, 0.4) is 0 Å². The summed E-state index contributed by atoms with van der Waals surface area (Å²) in [7, 11) is 0. The van der Waals surface area contributed by atoms with Crippen molar-refractivity contribution in [3.63, 3.8) is 0 Å². The Morgan fingerprint density at radius 1 is 1.17 bits per heavy atom. The van der Waals surface area contributed by atoms with Crippen LogP contribution >= 0.6 is 0 Å². The summed E-state index contributed by atoms with van der Waals surface area (Å²) in [4.78, 5) is 20.1. The van der Waals surface area contributed by atoms with Crippen LogP contribution in [-0.4, -0.2) is 11.9 Å². The molecular weight excluding hydrogens is 182 g/mol. The fourth-order valence-electron chi connectivity index (χ4n) is 0.433. The first-order valence-corrected chi connectivity index (χ1v) is 2.77. The third kappa shape index (κ3) is 7.58. The summed E-state index contributed by atoms with van der Waals surface area (Å²) in [5.41, 5.74) is -1.33. The van der Waals surface area contributed by atoms with Crippen molar-refractivity contribution in [1.82, 2.24) is 0 Å². The van der Waals surface area contributed by atoms with Crippen LogP contribution in [0.2, 0.25) is 0 Å². The third-order valence-corrected chi connectivity index (χ3v) is 1.14. The minimum atomic E-state index is -1.38. The number of carbonyl (C=O) groups is 2. The minimum absolute atomic E-state index is 0. The molecule has 0 aromatic heterocycles. The summed E-state index contributed by atoms with van der Waals surface area (Å²) in [6.45, 7) is 2.55. The number of hydrogen-bond donors (Lipinski definition) is 0. The zero-order chi connectivity index (χ0) is 8.36. The van der Waals surface area contributed by atoms with Gasteiger partial charge in [-0.2, -0.15) is 0 Å². The quantitative estimate of drug-likeness (QED) is 0.414. The molecule has 0 aromatic rings. The second-order valence-electron chi connectivity index (χ2n) is 2.72. The molecule has 0 radical (unpaired) electrons. The van der Waals surface area contributed by atoms with E-state index in [1.807, 2.05) is 0 Å². The van der Waals surface area contributed by atoms with Gasteiger partial charge in [0.2, 0.25) is 0 Å². The van der Waals surface area contributed by atoms with Crippen molar-refractivity contribution in [2.24, 2.45) is 5.41 Å². The molecule has 0 saturated heterocycles. The van der Waals surface area contributed by atoms with Crippen LogP contribution < -0.4 is 69.3 Å². The van der Waals surface area contributed by atoms with Crippen molar-refractivity contribution in [3.05, 3.63) is 0 Å². The van der Waals surface area contributed by atoms with Gasteiger partial charge < -0.3 is 19.8 Å². The normalized spacial score (nSPS) is 9.17. The first-order valence-electron chi connectivity index (χ1n) is 2.77. The van der Waals surface area contributed by atoms with Crippen LogP contribution in [0.1, 0.15) is 20.3 Å². The Balaban J connectivity index is -0.000000405. The maximum atomic E-state index is 10.2. The summed E-state index contributed by atoms with van der Waals surface area (Å²) in [5.74, 6) is -2.76. The first-order chi connectivity index (χ1) is 4.36. The molecule has 0 aliphatic heterocycles. The predicted molar refractivity (Wildman–Crippen MR) is 28.4 cm³/mol. The molecule has 0 unspecified atom stereocenters. The molecule has 0 bridgehead atoms. The molecule has 0 fully saturated rings. The van der Waals surface area contributed by atoms with E-state index in [1.54, 1.807) is 0 Å². The van der Waals surface area contributed by atoms with E-state index in [1.165, 1.54) is 13.8 Å². The van der Waals surface area contributed by atoms with Crippen LogP contribution in [0.15, 0.2) is 0 Å². The third-order valence-electron chi connectivity index (χ3n) is 1.14. The molecule has 0 atom stereocenters. The van der Waals surface area contributed by atoms with Crippen molar-refractivity contribution in [2.45, 2.75) is 20.3 Å². The molecule has 0 amide bonds. The molecule has 0 N–H and O–H groups in total. The van der Waals surface area contributed by atoms with E-state index in [9.17, 15) is 19.8 Å². The van der Waals surface area contributed by atoms with Crippen LogP contribution in [0.25, 0.3) is 0 Å². The van der Waals surface area contributed by atoms with Crippen molar-refractivity contribution in [3.8, 4) is 0 Å². The standard InChI is InChI=1S/C6H10O4.2Na/c1-6(2,5(9)10)3-4(7)8;;/h3H2,1-2H3,(H,7,8)(H,9,10);;/q;2*+1/p-2. The van der Waals surface area contributed by atoms with Gasteiger partial charge in [-0.3, -0.25) is 0 Å². The molecule has 58 valence electrons. The summed E-state index contributed by atoms with van der Waals surface area (Å²) < 4.78 is 0. The van der Waals surface area contributed by atoms with E-state index in [4.69, 9.17) is 0 Å². The van der Waals surface area contributed by atoms with Gasteiger partial charge in [0.1, 0.15) is 0 Å². The van der Waals surface area contributed by atoms with Crippen LogP contribution in [0.5, 0.6) is 0 Å². The van der Waals surface area contributed by atoms with E-state index in [2.05, 4.69) is 0 Å². The van der Waals surface area contributed by atoms with Gasteiger partial charge in [0, 0.05) is 17.4 Å². The number of carboxylic acids is 2. The van der Waals surface area contributed by atoms with Gasteiger partial charge in [-0.25, -0.2) is 0 Å². The molecule has 0 spiro atoms. The van der Waals surface area contributed by atoms with Crippen molar-refractivity contribution < 1.29 is 78.9 Å². The van der Waals surface area contributed by atoms with E-state index < -0.39 is 23.8 Å². The number of aliphatic carboxylic acids is 2. The Kier molecular flexibility index (Phi) is 11.4. The smallest absolute Gasteiger partial charge is 0.550 e. The van der Waals surface area contributed by atoms with Gasteiger partial charge in [-0.1, -0.05) is 13.8 Å². The summed E-state index contributed by atoms with van der Waals surface area (Å²) in [6, 6.07) is 0. The molecule has 0 saturated carbocycles. The Morgan fingerprint density at radius 3 is 1.58 bits per heavy atom. The molecule has 0 aromatic carbocycles. The maximum Gasteiger partial charge on any atom is 1.00 e. The average molecular weight is 190 g/mol. The second-order valence-corrected chi connectivity index (χ2v) is 2.72. The number of rotatable bonds is 3. The SMILES string of the molecule is CC(C)(CC(=O)[O-])C(=O)[O-].[Na+].[Na+]. The summed E-state index contributed by atoms with van der Waals surface area (Å²) in [6.07, 6.45) is -0.519. The Labute approximate surface area is 115 Å². The zero-order valence-electron chi connectivity index (χ0n) is 7.84.